The number of hydrogen-bond acceptors (Lipinski definition) is 3. The predicted octanol–water partition coefficient (Wildman–Crippen LogP) is 3.12. The van der Waals surface area contributed by atoms with Gasteiger partial charge in [-0.2, -0.15) is 0 Å². The molecule has 2 amide bonds. The summed E-state index contributed by atoms with van der Waals surface area (Å²) in [7, 11) is 0. The zero-order valence-corrected chi connectivity index (χ0v) is 14.2. The molecular weight excluding hydrogens is 316 g/mol. The summed E-state index contributed by atoms with van der Waals surface area (Å²) in [5, 5.41) is 5.74. The molecule has 3 rings (SSSR count). The first-order valence-electron chi connectivity index (χ1n) is 8.50. The van der Waals surface area contributed by atoms with Crippen molar-refractivity contribution in [1.82, 2.24) is 5.32 Å². The van der Waals surface area contributed by atoms with Crippen LogP contribution in [-0.4, -0.2) is 24.0 Å². The molecule has 1 aliphatic heterocycles. The summed E-state index contributed by atoms with van der Waals surface area (Å²) >= 11 is 0. The molecule has 2 aromatic carbocycles. The lowest BCUT2D eigenvalue weighted by Crippen LogP contribution is -2.34. The Kier molecular flexibility index (Phi) is 5.46. The fourth-order valence-electron chi connectivity index (χ4n) is 2.85. The van der Waals surface area contributed by atoms with Crippen LogP contribution in [0.5, 0.6) is 0 Å². The van der Waals surface area contributed by atoms with Gasteiger partial charge in [-0.3, -0.25) is 9.59 Å². The van der Waals surface area contributed by atoms with Gasteiger partial charge in [0.25, 0.3) is 5.91 Å². The zero-order chi connectivity index (χ0) is 17.6. The molecule has 5 nitrogen and oxygen atoms in total. The van der Waals surface area contributed by atoms with Crippen molar-refractivity contribution in [2.24, 2.45) is 0 Å². The van der Waals surface area contributed by atoms with E-state index >= 15 is 0 Å². The van der Waals surface area contributed by atoms with E-state index in [9.17, 15) is 9.59 Å². The molecule has 1 saturated heterocycles. The molecular formula is C20H22N2O3. The summed E-state index contributed by atoms with van der Waals surface area (Å²) < 4.78 is 5.56. The summed E-state index contributed by atoms with van der Waals surface area (Å²) in [4.78, 5) is 24.4. The van der Waals surface area contributed by atoms with Crippen molar-refractivity contribution in [2.75, 3.05) is 5.32 Å². The Balaban J connectivity index is 1.57. The molecule has 0 spiro atoms. The number of para-hydroxylation sites is 1. The predicted molar refractivity (Wildman–Crippen MR) is 96.3 cm³/mol. The molecule has 2 atom stereocenters. The summed E-state index contributed by atoms with van der Waals surface area (Å²) in [5.74, 6) is -0.268. The van der Waals surface area contributed by atoms with Crippen LogP contribution < -0.4 is 10.6 Å². The van der Waals surface area contributed by atoms with Crippen molar-refractivity contribution >= 4 is 17.5 Å². The van der Waals surface area contributed by atoms with E-state index < -0.39 is 0 Å². The molecule has 0 saturated carbocycles. The average molecular weight is 338 g/mol. The monoisotopic (exact) mass is 338 g/mol. The van der Waals surface area contributed by atoms with Crippen LogP contribution in [0.1, 0.15) is 35.7 Å². The second-order valence-electron chi connectivity index (χ2n) is 6.25. The number of ether oxygens (including phenoxy) is 1. The second-order valence-corrected chi connectivity index (χ2v) is 6.25. The molecule has 0 unspecified atom stereocenters. The maximum atomic E-state index is 12.3. The Morgan fingerprint density at radius 1 is 1.08 bits per heavy atom. The van der Waals surface area contributed by atoms with E-state index in [4.69, 9.17) is 4.74 Å². The quantitative estimate of drug-likeness (QED) is 0.880. The highest BCUT2D eigenvalue weighted by atomic mass is 16.5. The van der Waals surface area contributed by atoms with Crippen LogP contribution in [0.3, 0.4) is 0 Å². The zero-order valence-electron chi connectivity index (χ0n) is 14.2. The van der Waals surface area contributed by atoms with Crippen LogP contribution in [-0.2, 0) is 16.1 Å². The number of amides is 2. The molecule has 1 heterocycles. The molecule has 0 aromatic heterocycles. The van der Waals surface area contributed by atoms with Crippen LogP contribution in [0.15, 0.2) is 54.6 Å². The summed E-state index contributed by atoms with van der Waals surface area (Å²) in [6.07, 6.45) is 1.44. The van der Waals surface area contributed by atoms with Gasteiger partial charge in [0.15, 0.2) is 0 Å². The maximum absolute atomic E-state index is 12.3. The average Bonchev–Trinajstić information content (AvgIpc) is 3.07. The lowest BCUT2D eigenvalue weighted by atomic mass is 10.1. The minimum Gasteiger partial charge on any atom is -0.365 e. The van der Waals surface area contributed by atoms with Gasteiger partial charge in [-0.1, -0.05) is 30.3 Å². The van der Waals surface area contributed by atoms with E-state index in [1.807, 2.05) is 49.4 Å². The minimum absolute atomic E-state index is 0.0940. The topological polar surface area (TPSA) is 67.4 Å². The highest BCUT2D eigenvalue weighted by Crippen LogP contribution is 2.19. The number of benzene rings is 2. The highest BCUT2D eigenvalue weighted by molar-refractivity contribution is 6.04. The summed E-state index contributed by atoms with van der Waals surface area (Å²) in [5.41, 5.74) is 2.18. The molecule has 2 aromatic rings. The molecule has 2 N–H and O–H groups in total. The standard InChI is InChI=1S/C20H22N2O3/c1-14-10-11-18(25-14)20(24)21-13-15-6-5-7-16(12-15)19(23)22-17-8-3-2-4-9-17/h2-9,12,14,18H,10-11,13H2,1H3,(H,21,24)(H,22,23)/t14-,18-/m1/s1. The third-order valence-corrected chi connectivity index (χ3v) is 4.21. The van der Waals surface area contributed by atoms with Gasteiger partial charge in [0.05, 0.1) is 6.10 Å². The normalized spacial score (nSPS) is 19.4. The number of carbonyl (C=O) groups excluding carboxylic acids is 2. The fraction of sp³-hybridized carbons (Fsp3) is 0.300. The molecule has 0 radical (unpaired) electrons. The number of rotatable bonds is 5. The molecule has 130 valence electrons. The Labute approximate surface area is 147 Å². The van der Waals surface area contributed by atoms with Crippen molar-refractivity contribution in [2.45, 2.75) is 38.5 Å². The number of hydrogen-bond donors (Lipinski definition) is 2. The van der Waals surface area contributed by atoms with Gasteiger partial charge in [-0.15, -0.1) is 0 Å². The molecule has 5 heteroatoms. The van der Waals surface area contributed by atoms with Gasteiger partial charge in [-0.05, 0) is 49.6 Å². The molecule has 25 heavy (non-hydrogen) atoms. The van der Waals surface area contributed by atoms with E-state index in [1.165, 1.54) is 0 Å². The van der Waals surface area contributed by atoms with E-state index in [0.29, 0.717) is 12.1 Å². The molecule has 0 bridgehead atoms. The Morgan fingerprint density at radius 2 is 1.88 bits per heavy atom. The van der Waals surface area contributed by atoms with Crippen molar-refractivity contribution in [3.63, 3.8) is 0 Å². The molecule has 1 fully saturated rings. The Bertz CT molecular complexity index is 746. The van der Waals surface area contributed by atoms with Gasteiger partial charge in [0, 0.05) is 17.8 Å². The van der Waals surface area contributed by atoms with E-state index in [-0.39, 0.29) is 24.0 Å². The van der Waals surface area contributed by atoms with Gasteiger partial charge >= 0.3 is 0 Å². The number of nitrogens with one attached hydrogen (secondary N) is 2. The third kappa shape index (κ3) is 4.67. The van der Waals surface area contributed by atoms with Crippen LogP contribution in [0.25, 0.3) is 0 Å². The molecule has 1 aliphatic rings. The summed E-state index contributed by atoms with van der Waals surface area (Å²) in [6, 6.07) is 16.6. The summed E-state index contributed by atoms with van der Waals surface area (Å²) in [6.45, 7) is 2.35. The first kappa shape index (κ1) is 17.2. The Morgan fingerprint density at radius 3 is 2.60 bits per heavy atom. The molecule has 0 aliphatic carbocycles. The lowest BCUT2D eigenvalue weighted by molar-refractivity contribution is -0.131. The minimum atomic E-state index is -0.362. The van der Waals surface area contributed by atoms with E-state index in [2.05, 4.69) is 10.6 Å². The van der Waals surface area contributed by atoms with Gasteiger partial charge in [0.1, 0.15) is 6.10 Å². The SMILES string of the molecule is C[C@@H]1CC[C@H](C(=O)NCc2cccc(C(=O)Nc3ccccc3)c2)O1. The van der Waals surface area contributed by atoms with E-state index in [1.54, 1.807) is 12.1 Å². The smallest absolute Gasteiger partial charge is 0.255 e. The van der Waals surface area contributed by atoms with Gasteiger partial charge < -0.3 is 15.4 Å². The van der Waals surface area contributed by atoms with E-state index in [0.717, 1.165) is 24.1 Å². The van der Waals surface area contributed by atoms with Crippen molar-refractivity contribution in [3.05, 3.63) is 65.7 Å². The number of anilines is 1. The number of carbonyl (C=O) groups is 2. The highest BCUT2D eigenvalue weighted by Gasteiger charge is 2.27. The van der Waals surface area contributed by atoms with Gasteiger partial charge in [-0.25, -0.2) is 0 Å². The van der Waals surface area contributed by atoms with Crippen molar-refractivity contribution < 1.29 is 14.3 Å². The van der Waals surface area contributed by atoms with Crippen LogP contribution >= 0.6 is 0 Å². The van der Waals surface area contributed by atoms with Crippen molar-refractivity contribution in [3.8, 4) is 0 Å². The third-order valence-electron chi connectivity index (χ3n) is 4.21. The first-order chi connectivity index (χ1) is 12.1. The largest absolute Gasteiger partial charge is 0.365 e. The van der Waals surface area contributed by atoms with Crippen molar-refractivity contribution in [1.29, 1.82) is 0 Å². The van der Waals surface area contributed by atoms with Crippen LogP contribution in [0, 0.1) is 0 Å². The maximum Gasteiger partial charge on any atom is 0.255 e. The fourth-order valence-corrected chi connectivity index (χ4v) is 2.85. The van der Waals surface area contributed by atoms with Gasteiger partial charge in [0.2, 0.25) is 5.91 Å². The lowest BCUT2D eigenvalue weighted by Gasteiger charge is -2.12. The Hall–Kier alpha value is -2.66. The first-order valence-corrected chi connectivity index (χ1v) is 8.50. The van der Waals surface area contributed by atoms with Crippen LogP contribution in [0.2, 0.25) is 0 Å². The second kappa shape index (κ2) is 7.94. The van der Waals surface area contributed by atoms with Crippen LogP contribution in [0.4, 0.5) is 5.69 Å².